The molecule has 0 unspecified atom stereocenters. The molecular weight excluding hydrogens is 250 g/mol. The zero-order chi connectivity index (χ0) is 13.0. The van der Waals surface area contributed by atoms with Crippen LogP contribution in [0.1, 0.15) is 17.6 Å². The van der Waals surface area contributed by atoms with E-state index >= 15 is 0 Å². The summed E-state index contributed by atoms with van der Waals surface area (Å²) in [6.45, 7) is 4.28. The first kappa shape index (κ1) is 12.8. The number of aromatic nitrogens is 1. The molecule has 0 aliphatic heterocycles. The summed E-state index contributed by atoms with van der Waals surface area (Å²) in [4.78, 5) is 13.0. The molecule has 6 heteroatoms. The van der Waals surface area contributed by atoms with Crippen LogP contribution in [-0.4, -0.2) is 17.1 Å². The number of rotatable bonds is 5. The van der Waals surface area contributed by atoms with Crippen molar-refractivity contribution in [3.8, 4) is 0 Å². The first-order valence-corrected chi connectivity index (χ1v) is 6.53. The van der Waals surface area contributed by atoms with Gasteiger partial charge in [-0.25, -0.2) is 0 Å². The lowest BCUT2D eigenvalue weighted by atomic mass is 10.3. The van der Waals surface area contributed by atoms with Gasteiger partial charge in [0, 0.05) is 17.5 Å². The van der Waals surface area contributed by atoms with Gasteiger partial charge in [-0.1, -0.05) is 11.2 Å². The van der Waals surface area contributed by atoms with E-state index in [1.54, 1.807) is 24.3 Å². The van der Waals surface area contributed by atoms with Crippen LogP contribution in [0.15, 0.2) is 28.1 Å². The molecular formula is C12H15N3O2S. The summed E-state index contributed by atoms with van der Waals surface area (Å²) in [5.74, 6) is 0.992. The summed E-state index contributed by atoms with van der Waals surface area (Å²) in [5.41, 5.74) is 0. The SMILES string of the molecule is Cc1cc(NC(=O)[C@@H](C)NCc2cccs2)no1. The van der Waals surface area contributed by atoms with E-state index < -0.39 is 0 Å². The molecule has 18 heavy (non-hydrogen) atoms. The number of amides is 1. The van der Waals surface area contributed by atoms with Crippen LogP contribution >= 0.6 is 11.3 Å². The summed E-state index contributed by atoms with van der Waals surface area (Å²) in [5, 5.41) is 11.6. The molecule has 96 valence electrons. The van der Waals surface area contributed by atoms with Crippen LogP contribution in [0.2, 0.25) is 0 Å². The lowest BCUT2D eigenvalue weighted by Gasteiger charge is -2.11. The quantitative estimate of drug-likeness (QED) is 0.869. The van der Waals surface area contributed by atoms with Gasteiger partial charge in [0.1, 0.15) is 5.76 Å². The second-order valence-electron chi connectivity index (χ2n) is 3.99. The average Bonchev–Trinajstić information content (AvgIpc) is 2.97. The second kappa shape index (κ2) is 5.79. The van der Waals surface area contributed by atoms with E-state index in [0.717, 1.165) is 0 Å². The molecule has 0 saturated heterocycles. The van der Waals surface area contributed by atoms with Gasteiger partial charge in [-0.2, -0.15) is 0 Å². The molecule has 2 rings (SSSR count). The van der Waals surface area contributed by atoms with E-state index in [1.165, 1.54) is 4.88 Å². The molecule has 0 bridgehead atoms. The monoisotopic (exact) mass is 265 g/mol. The predicted octanol–water partition coefficient (Wildman–Crippen LogP) is 2.16. The number of anilines is 1. The first-order valence-electron chi connectivity index (χ1n) is 5.65. The largest absolute Gasteiger partial charge is 0.360 e. The number of nitrogens with one attached hydrogen (secondary N) is 2. The highest BCUT2D eigenvalue weighted by molar-refractivity contribution is 7.09. The fourth-order valence-electron chi connectivity index (χ4n) is 1.42. The zero-order valence-electron chi connectivity index (χ0n) is 10.3. The van der Waals surface area contributed by atoms with Crippen LogP contribution in [0.5, 0.6) is 0 Å². The van der Waals surface area contributed by atoms with Crippen molar-refractivity contribution in [2.75, 3.05) is 5.32 Å². The number of hydrogen-bond acceptors (Lipinski definition) is 5. The number of aryl methyl sites for hydroxylation is 1. The number of carbonyl (C=O) groups is 1. The van der Waals surface area contributed by atoms with E-state index in [4.69, 9.17) is 4.52 Å². The van der Waals surface area contributed by atoms with Crippen LogP contribution in [0.3, 0.4) is 0 Å². The normalized spacial score (nSPS) is 12.3. The molecule has 2 aromatic heterocycles. The molecule has 0 aromatic carbocycles. The van der Waals surface area contributed by atoms with Gasteiger partial charge in [-0.15, -0.1) is 11.3 Å². The molecule has 2 heterocycles. The van der Waals surface area contributed by atoms with Crippen molar-refractivity contribution in [3.05, 3.63) is 34.2 Å². The molecule has 0 radical (unpaired) electrons. The molecule has 0 saturated carbocycles. The highest BCUT2D eigenvalue weighted by atomic mass is 32.1. The van der Waals surface area contributed by atoms with Gasteiger partial charge in [0.2, 0.25) is 5.91 Å². The maximum Gasteiger partial charge on any atom is 0.242 e. The molecule has 5 nitrogen and oxygen atoms in total. The van der Waals surface area contributed by atoms with E-state index in [-0.39, 0.29) is 11.9 Å². The Morgan fingerprint density at radius 1 is 1.61 bits per heavy atom. The maximum absolute atomic E-state index is 11.8. The molecule has 1 amide bonds. The summed E-state index contributed by atoms with van der Waals surface area (Å²) < 4.78 is 4.88. The molecule has 0 spiro atoms. The topological polar surface area (TPSA) is 67.2 Å². The van der Waals surface area contributed by atoms with Crippen molar-refractivity contribution in [1.82, 2.24) is 10.5 Å². The van der Waals surface area contributed by atoms with Crippen LogP contribution < -0.4 is 10.6 Å². The average molecular weight is 265 g/mol. The van der Waals surface area contributed by atoms with E-state index in [1.807, 2.05) is 24.4 Å². The highest BCUT2D eigenvalue weighted by Gasteiger charge is 2.14. The standard InChI is InChI=1S/C12H15N3O2S/c1-8-6-11(15-17-8)14-12(16)9(2)13-7-10-4-3-5-18-10/h3-6,9,13H,7H2,1-2H3,(H,14,15,16)/t9-/m1/s1. The Morgan fingerprint density at radius 3 is 3.06 bits per heavy atom. The smallest absolute Gasteiger partial charge is 0.242 e. The minimum absolute atomic E-state index is 0.125. The number of thiophene rings is 1. The first-order chi connectivity index (χ1) is 8.65. The van der Waals surface area contributed by atoms with Crippen molar-refractivity contribution in [2.24, 2.45) is 0 Å². The lowest BCUT2D eigenvalue weighted by Crippen LogP contribution is -2.37. The van der Waals surface area contributed by atoms with Crippen LogP contribution in [-0.2, 0) is 11.3 Å². The van der Waals surface area contributed by atoms with Crippen LogP contribution in [0.4, 0.5) is 5.82 Å². The summed E-state index contributed by atoms with van der Waals surface area (Å²) in [6.07, 6.45) is 0. The number of hydrogen-bond donors (Lipinski definition) is 2. The Balaban J connectivity index is 1.81. The van der Waals surface area contributed by atoms with Gasteiger partial charge in [-0.05, 0) is 25.3 Å². The van der Waals surface area contributed by atoms with Crippen molar-refractivity contribution >= 4 is 23.1 Å². The minimum Gasteiger partial charge on any atom is -0.360 e. The van der Waals surface area contributed by atoms with Crippen molar-refractivity contribution in [3.63, 3.8) is 0 Å². The van der Waals surface area contributed by atoms with E-state index in [2.05, 4.69) is 15.8 Å². The molecule has 2 N–H and O–H groups in total. The zero-order valence-corrected chi connectivity index (χ0v) is 11.1. The molecule has 1 atom stereocenters. The Morgan fingerprint density at radius 2 is 2.44 bits per heavy atom. The van der Waals surface area contributed by atoms with Gasteiger partial charge in [-0.3, -0.25) is 4.79 Å². The third-order valence-corrected chi connectivity index (χ3v) is 3.31. The predicted molar refractivity (Wildman–Crippen MR) is 70.5 cm³/mol. The molecule has 2 aromatic rings. The van der Waals surface area contributed by atoms with Crippen LogP contribution in [0.25, 0.3) is 0 Å². The molecule has 0 aliphatic rings. The van der Waals surface area contributed by atoms with Crippen molar-refractivity contribution < 1.29 is 9.32 Å². The van der Waals surface area contributed by atoms with Crippen molar-refractivity contribution in [2.45, 2.75) is 26.4 Å². The van der Waals surface area contributed by atoms with Gasteiger partial charge in [0.05, 0.1) is 6.04 Å². The van der Waals surface area contributed by atoms with Gasteiger partial charge >= 0.3 is 0 Å². The number of nitrogens with zero attached hydrogens (tertiary/aromatic N) is 1. The Hall–Kier alpha value is -1.66. The number of carbonyl (C=O) groups excluding carboxylic acids is 1. The summed E-state index contributed by atoms with van der Waals surface area (Å²) >= 11 is 1.66. The van der Waals surface area contributed by atoms with Gasteiger partial charge < -0.3 is 15.2 Å². The fraction of sp³-hybridized carbons (Fsp3) is 0.333. The van der Waals surface area contributed by atoms with Crippen molar-refractivity contribution in [1.29, 1.82) is 0 Å². The molecule has 0 aliphatic carbocycles. The fourth-order valence-corrected chi connectivity index (χ4v) is 2.08. The van der Waals surface area contributed by atoms with Crippen LogP contribution in [0, 0.1) is 6.92 Å². The second-order valence-corrected chi connectivity index (χ2v) is 5.03. The van der Waals surface area contributed by atoms with E-state index in [0.29, 0.717) is 18.1 Å². The Kier molecular flexibility index (Phi) is 4.11. The van der Waals surface area contributed by atoms with Gasteiger partial charge in [0.15, 0.2) is 5.82 Å². The highest BCUT2D eigenvalue weighted by Crippen LogP contribution is 2.09. The summed E-state index contributed by atoms with van der Waals surface area (Å²) in [6, 6.07) is 5.42. The Labute approximate surface area is 109 Å². The summed E-state index contributed by atoms with van der Waals surface area (Å²) in [7, 11) is 0. The maximum atomic E-state index is 11.8. The Bertz CT molecular complexity index is 507. The van der Waals surface area contributed by atoms with Gasteiger partial charge in [0.25, 0.3) is 0 Å². The lowest BCUT2D eigenvalue weighted by molar-refractivity contribution is -0.117. The third-order valence-electron chi connectivity index (χ3n) is 2.44. The third kappa shape index (κ3) is 3.41. The minimum atomic E-state index is -0.288. The molecule has 0 fully saturated rings. The van der Waals surface area contributed by atoms with E-state index in [9.17, 15) is 4.79 Å².